The minimum atomic E-state index is -3.40. The fourth-order valence-electron chi connectivity index (χ4n) is 3.12. The molecular weight excluding hydrogens is 322 g/mol. The van der Waals surface area contributed by atoms with Gasteiger partial charge in [-0.2, -0.15) is 0 Å². The van der Waals surface area contributed by atoms with Crippen molar-refractivity contribution in [2.45, 2.75) is 18.6 Å². The quantitative estimate of drug-likeness (QED) is 0.784. The fourth-order valence-corrected chi connectivity index (χ4v) is 4.73. The Kier molecular flexibility index (Phi) is 5.11. The van der Waals surface area contributed by atoms with Crippen molar-refractivity contribution in [1.29, 1.82) is 0 Å². The van der Waals surface area contributed by atoms with Gasteiger partial charge in [-0.1, -0.05) is 60.7 Å². The Morgan fingerprint density at radius 1 is 1.00 bits per heavy atom. The van der Waals surface area contributed by atoms with Crippen LogP contribution in [0, 0.1) is 5.92 Å². The summed E-state index contributed by atoms with van der Waals surface area (Å²) in [6, 6.07) is 18.3. The van der Waals surface area contributed by atoms with Gasteiger partial charge in [0.15, 0.2) is 5.78 Å². The molecular formula is C19H21NO3S. The van der Waals surface area contributed by atoms with Crippen molar-refractivity contribution < 1.29 is 13.2 Å². The van der Waals surface area contributed by atoms with Crippen LogP contribution in [0.15, 0.2) is 60.7 Å². The summed E-state index contributed by atoms with van der Waals surface area (Å²) in [5.74, 6) is -0.234. The second-order valence-electron chi connectivity index (χ2n) is 6.17. The van der Waals surface area contributed by atoms with Gasteiger partial charge in [-0.3, -0.25) is 4.79 Å². The van der Waals surface area contributed by atoms with Gasteiger partial charge in [0, 0.05) is 24.6 Å². The van der Waals surface area contributed by atoms with Crippen molar-refractivity contribution in [1.82, 2.24) is 4.31 Å². The van der Waals surface area contributed by atoms with Gasteiger partial charge in [-0.25, -0.2) is 12.7 Å². The molecule has 0 bridgehead atoms. The van der Waals surface area contributed by atoms with Crippen LogP contribution in [0.3, 0.4) is 0 Å². The number of ketones is 1. The van der Waals surface area contributed by atoms with Crippen molar-refractivity contribution in [3.05, 3.63) is 71.8 Å². The molecule has 0 radical (unpaired) electrons. The molecule has 24 heavy (non-hydrogen) atoms. The largest absolute Gasteiger partial charge is 0.294 e. The smallest absolute Gasteiger partial charge is 0.218 e. The molecule has 2 aromatic rings. The van der Waals surface area contributed by atoms with Gasteiger partial charge in [0.25, 0.3) is 0 Å². The number of rotatable bonds is 5. The number of carbonyl (C=O) groups is 1. The number of Topliss-reactive ketones (excluding diaryl/α,β-unsaturated/α-hetero) is 1. The Morgan fingerprint density at radius 3 is 2.29 bits per heavy atom. The SMILES string of the molecule is O=C(c1ccccc1)C1CCCN(S(=O)(=O)Cc2ccccc2)C1. The highest BCUT2D eigenvalue weighted by molar-refractivity contribution is 7.88. The highest BCUT2D eigenvalue weighted by Gasteiger charge is 2.32. The molecule has 126 valence electrons. The van der Waals surface area contributed by atoms with Crippen LogP contribution >= 0.6 is 0 Å². The molecule has 1 aliphatic rings. The molecule has 1 unspecified atom stereocenters. The summed E-state index contributed by atoms with van der Waals surface area (Å²) in [6.45, 7) is 0.774. The molecule has 4 nitrogen and oxygen atoms in total. The molecule has 0 aromatic heterocycles. The van der Waals surface area contributed by atoms with E-state index in [1.165, 1.54) is 4.31 Å². The minimum Gasteiger partial charge on any atom is -0.294 e. The van der Waals surface area contributed by atoms with Crippen molar-refractivity contribution in [2.24, 2.45) is 5.92 Å². The molecule has 1 saturated heterocycles. The third-order valence-electron chi connectivity index (χ3n) is 4.40. The van der Waals surface area contributed by atoms with E-state index in [4.69, 9.17) is 0 Å². The first-order valence-electron chi connectivity index (χ1n) is 8.17. The first-order valence-corrected chi connectivity index (χ1v) is 9.78. The lowest BCUT2D eigenvalue weighted by atomic mass is 9.91. The Morgan fingerprint density at radius 2 is 1.62 bits per heavy atom. The Bertz CT molecular complexity index is 788. The van der Waals surface area contributed by atoms with E-state index in [1.807, 2.05) is 48.5 Å². The monoisotopic (exact) mass is 343 g/mol. The number of carbonyl (C=O) groups excluding carboxylic acids is 1. The van der Waals surface area contributed by atoms with Crippen molar-refractivity contribution in [2.75, 3.05) is 13.1 Å². The van der Waals surface area contributed by atoms with Gasteiger partial charge in [0.05, 0.1) is 5.75 Å². The van der Waals surface area contributed by atoms with Crippen LogP contribution in [-0.4, -0.2) is 31.6 Å². The van der Waals surface area contributed by atoms with Crippen LogP contribution in [-0.2, 0) is 15.8 Å². The first kappa shape index (κ1) is 16.9. The highest BCUT2D eigenvalue weighted by atomic mass is 32.2. The molecule has 1 fully saturated rings. The average molecular weight is 343 g/mol. The average Bonchev–Trinajstić information content (AvgIpc) is 2.62. The zero-order chi connectivity index (χ0) is 17.0. The standard InChI is InChI=1S/C19H21NO3S/c21-19(17-10-5-2-6-11-17)18-12-7-13-20(14-18)24(22,23)15-16-8-3-1-4-9-16/h1-6,8-11,18H,7,12-15H2. The molecule has 1 heterocycles. The maximum Gasteiger partial charge on any atom is 0.218 e. The van der Waals surface area contributed by atoms with Gasteiger partial charge >= 0.3 is 0 Å². The van der Waals surface area contributed by atoms with E-state index in [0.29, 0.717) is 12.1 Å². The van der Waals surface area contributed by atoms with Crippen LogP contribution in [0.5, 0.6) is 0 Å². The predicted molar refractivity (Wildman–Crippen MR) is 94.1 cm³/mol. The second-order valence-corrected chi connectivity index (χ2v) is 8.14. The van der Waals surface area contributed by atoms with Crippen molar-refractivity contribution in [3.63, 3.8) is 0 Å². The molecule has 1 aliphatic heterocycles. The van der Waals surface area contributed by atoms with E-state index >= 15 is 0 Å². The van der Waals surface area contributed by atoms with E-state index in [1.54, 1.807) is 12.1 Å². The van der Waals surface area contributed by atoms with Crippen LogP contribution in [0.25, 0.3) is 0 Å². The molecule has 2 aromatic carbocycles. The molecule has 1 atom stereocenters. The van der Waals surface area contributed by atoms with Gasteiger partial charge in [0.2, 0.25) is 10.0 Å². The number of hydrogen-bond donors (Lipinski definition) is 0. The lowest BCUT2D eigenvalue weighted by Gasteiger charge is -2.31. The van der Waals surface area contributed by atoms with Crippen LogP contribution in [0.2, 0.25) is 0 Å². The number of sulfonamides is 1. The third-order valence-corrected chi connectivity index (χ3v) is 6.22. The minimum absolute atomic E-state index is 0.0138. The zero-order valence-electron chi connectivity index (χ0n) is 13.5. The maximum atomic E-state index is 12.7. The Labute approximate surface area is 143 Å². The molecule has 0 saturated carbocycles. The summed E-state index contributed by atoms with van der Waals surface area (Å²) >= 11 is 0. The zero-order valence-corrected chi connectivity index (χ0v) is 14.3. The number of piperidine rings is 1. The summed E-state index contributed by atoms with van der Waals surface area (Å²) in [7, 11) is -3.40. The summed E-state index contributed by atoms with van der Waals surface area (Å²) in [5.41, 5.74) is 1.43. The van der Waals surface area contributed by atoms with Crippen LogP contribution in [0.1, 0.15) is 28.8 Å². The summed E-state index contributed by atoms with van der Waals surface area (Å²) < 4.78 is 26.8. The second kappa shape index (κ2) is 7.28. The van der Waals surface area contributed by atoms with Gasteiger partial charge in [0.1, 0.15) is 0 Å². The first-order chi connectivity index (χ1) is 11.6. The lowest BCUT2D eigenvalue weighted by molar-refractivity contribution is 0.0872. The molecule has 3 rings (SSSR count). The molecule has 0 spiro atoms. The van der Waals surface area contributed by atoms with E-state index in [0.717, 1.165) is 18.4 Å². The van der Waals surface area contributed by atoms with Crippen molar-refractivity contribution in [3.8, 4) is 0 Å². The Hall–Kier alpha value is -1.98. The van der Waals surface area contributed by atoms with E-state index in [9.17, 15) is 13.2 Å². The molecule has 0 amide bonds. The van der Waals surface area contributed by atoms with Gasteiger partial charge in [-0.05, 0) is 18.4 Å². The summed E-state index contributed by atoms with van der Waals surface area (Å²) in [4.78, 5) is 12.6. The van der Waals surface area contributed by atoms with Crippen LogP contribution < -0.4 is 0 Å². The van der Waals surface area contributed by atoms with Crippen LogP contribution in [0.4, 0.5) is 0 Å². The maximum absolute atomic E-state index is 12.7. The third kappa shape index (κ3) is 3.91. The lowest BCUT2D eigenvalue weighted by Crippen LogP contribution is -2.42. The van der Waals surface area contributed by atoms with Gasteiger partial charge in [-0.15, -0.1) is 0 Å². The molecule has 0 aliphatic carbocycles. The normalized spacial score (nSPS) is 19.1. The fraction of sp³-hybridized carbons (Fsp3) is 0.316. The predicted octanol–water partition coefficient (Wildman–Crippen LogP) is 3.11. The topological polar surface area (TPSA) is 54.5 Å². The Balaban J connectivity index is 1.72. The highest BCUT2D eigenvalue weighted by Crippen LogP contribution is 2.24. The van der Waals surface area contributed by atoms with E-state index in [-0.39, 0.29) is 24.0 Å². The number of benzene rings is 2. The number of nitrogens with zero attached hydrogens (tertiary/aromatic N) is 1. The molecule has 0 N–H and O–H groups in total. The summed E-state index contributed by atoms with van der Waals surface area (Å²) in [6.07, 6.45) is 1.46. The summed E-state index contributed by atoms with van der Waals surface area (Å²) in [5, 5.41) is 0. The van der Waals surface area contributed by atoms with E-state index < -0.39 is 10.0 Å². The number of hydrogen-bond acceptors (Lipinski definition) is 3. The van der Waals surface area contributed by atoms with Crippen molar-refractivity contribution >= 4 is 15.8 Å². The molecule has 5 heteroatoms. The van der Waals surface area contributed by atoms with Gasteiger partial charge < -0.3 is 0 Å². The van der Waals surface area contributed by atoms with E-state index in [2.05, 4.69) is 0 Å².